The Bertz CT molecular complexity index is 1050. The van der Waals surface area contributed by atoms with Gasteiger partial charge in [-0.3, -0.25) is 9.59 Å². The number of carbonyl (C=O) groups excluding carboxylic acids is 2. The maximum absolute atomic E-state index is 12.8. The van der Waals surface area contributed by atoms with Gasteiger partial charge in [-0.25, -0.2) is 4.99 Å². The van der Waals surface area contributed by atoms with Crippen molar-refractivity contribution >= 4 is 35.9 Å². The lowest BCUT2D eigenvalue weighted by Gasteiger charge is -2.04. The van der Waals surface area contributed by atoms with Crippen LogP contribution in [0.1, 0.15) is 65.6 Å². The molecular formula is C24H30ClN3O4. The summed E-state index contributed by atoms with van der Waals surface area (Å²) in [5.74, 6) is 0.531. The maximum atomic E-state index is 12.8. The number of esters is 1. The third-order valence-electron chi connectivity index (χ3n) is 5.23. The summed E-state index contributed by atoms with van der Waals surface area (Å²) in [6, 6.07) is 3.87. The lowest BCUT2D eigenvalue weighted by atomic mass is 10.0. The van der Waals surface area contributed by atoms with Crippen LogP contribution in [0.5, 0.6) is 0 Å². The van der Waals surface area contributed by atoms with Crippen LogP contribution in [0.2, 0.25) is 0 Å². The Morgan fingerprint density at radius 2 is 1.94 bits per heavy atom. The van der Waals surface area contributed by atoms with Crippen molar-refractivity contribution in [3.05, 3.63) is 64.1 Å². The number of hydrogen-bond acceptors (Lipinski definition) is 5. The standard InChI is InChI=1S/C24H29N3O4.ClH/c1-5-31-23(29)11-7-6-10-21(28)24-15(2)18(26-16(24)3)13-20-22(30-4)14-19(27-20)17-9-8-12-25-17;/h8-9,12-14,25-26H,5-7,10-11H2,1-4H3;1H/b20-13-;. The molecule has 0 saturated heterocycles. The second kappa shape index (κ2) is 11.5. The van der Waals surface area contributed by atoms with Crippen LogP contribution in [0, 0.1) is 13.8 Å². The number of Topliss-reactive ketones (excluding diaryl/α,β-unsaturated/α-hetero) is 1. The Morgan fingerprint density at radius 1 is 1.19 bits per heavy atom. The normalized spacial score (nSPS) is 14.1. The number of aromatic nitrogens is 2. The van der Waals surface area contributed by atoms with Crippen molar-refractivity contribution < 1.29 is 19.1 Å². The summed E-state index contributed by atoms with van der Waals surface area (Å²) < 4.78 is 10.4. The van der Waals surface area contributed by atoms with E-state index in [4.69, 9.17) is 9.47 Å². The average Bonchev–Trinajstić information content (AvgIpc) is 3.45. The highest BCUT2D eigenvalue weighted by molar-refractivity contribution is 6.11. The lowest BCUT2D eigenvalue weighted by molar-refractivity contribution is -0.143. The van der Waals surface area contributed by atoms with E-state index in [1.165, 1.54) is 0 Å². The number of hydrogen-bond donors (Lipinski definition) is 2. The van der Waals surface area contributed by atoms with Gasteiger partial charge >= 0.3 is 5.97 Å². The first kappa shape index (κ1) is 25.2. The number of carbonyl (C=O) groups is 2. The van der Waals surface area contributed by atoms with E-state index in [1.54, 1.807) is 14.0 Å². The number of aromatic amines is 2. The van der Waals surface area contributed by atoms with Crippen LogP contribution in [-0.4, -0.2) is 41.1 Å². The van der Waals surface area contributed by atoms with Gasteiger partial charge in [0.15, 0.2) is 5.78 Å². The largest absolute Gasteiger partial charge is 0.494 e. The summed E-state index contributed by atoms with van der Waals surface area (Å²) in [7, 11) is 1.62. The van der Waals surface area contributed by atoms with E-state index < -0.39 is 0 Å². The van der Waals surface area contributed by atoms with Crippen molar-refractivity contribution in [3.8, 4) is 0 Å². The summed E-state index contributed by atoms with van der Waals surface area (Å²) in [5, 5.41) is 0. The molecule has 172 valence electrons. The van der Waals surface area contributed by atoms with Gasteiger partial charge in [0.2, 0.25) is 0 Å². The summed E-state index contributed by atoms with van der Waals surface area (Å²) in [6.07, 6.45) is 7.68. The molecule has 2 aromatic rings. The molecule has 0 fully saturated rings. The molecule has 0 unspecified atom stereocenters. The van der Waals surface area contributed by atoms with Gasteiger partial charge in [0, 0.05) is 42.1 Å². The van der Waals surface area contributed by atoms with Gasteiger partial charge in [-0.1, -0.05) is 0 Å². The van der Waals surface area contributed by atoms with Gasteiger partial charge in [0.1, 0.15) is 11.5 Å². The molecular weight excluding hydrogens is 430 g/mol. The molecule has 1 aliphatic heterocycles. The molecule has 3 rings (SSSR count). The number of H-pyrrole nitrogens is 2. The van der Waals surface area contributed by atoms with Crippen molar-refractivity contribution in [2.45, 2.75) is 46.5 Å². The second-order valence-corrected chi connectivity index (χ2v) is 7.42. The molecule has 1 aliphatic rings. The van der Waals surface area contributed by atoms with Gasteiger partial charge in [-0.05, 0) is 57.4 Å². The van der Waals surface area contributed by atoms with E-state index in [2.05, 4.69) is 15.0 Å². The van der Waals surface area contributed by atoms with Gasteiger partial charge in [-0.2, -0.15) is 0 Å². The van der Waals surface area contributed by atoms with E-state index in [9.17, 15) is 9.59 Å². The molecule has 0 atom stereocenters. The monoisotopic (exact) mass is 459 g/mol. The van der Waals surface area contributed by atoms with Crippen LogP contribution >= 0.6 is 12.4 Å². The highest BCUT2D eigenvalue weighted by Gasteiger charge is 2.21. The zero-order valence-corrected chi connectivity index (χ0v) is 19.7. The maximum Gasteiger partial charge on any atom is 0.305 e. The summed E-state index contributed by atoms with van der Waals surface area (Å²) in [6.45, 7) is 6.00. The topological polar surface area (TPSA) is 96.5 Å². The van der Waals surface area contributed by atoms with Crippen molar-refractivity contribution in [1.82, 2.24) is 9.97 Å². The van der Waals surface area contributed by atoms with E-state index >= 15 is 0 Å². The molecule has 7 nitrogen and oxygen atoms in total. The van der Waals surface area contributed by atoms with E-state index in [1.807, 2.05) is 44.3 Å². The van der Waals surface area contributed by atoms with Crippen LogP contribution in [0.3, 0.4) is 0 Å². The number of nitrogens with one attached hydrogen (secondary N) is 2. The Balaban J connectivity index is 0.00000363. The summed E-state index contributed by atoms with van der Waals surface area (Å²) in [4.78, 5) is 35.4. The number of aryl methyl sites for hydroxylation is 1. The molecule has 0 spiro atoms. The molecule has 0 saturated carbocycles. The SMILES string of the molecule is CCOC(=O)CCCCC(=O)c1c(C)[nH]c(/C=C2\N=C(c3ccc[nH]3)C=C2OC)c1C.Cl. The Morgan fingerprint density at radius 3 is 2.59 bits per heavy atom. The Labute approximate surface area is 194 Å². The fourth-order valence-corrected chi connectivity index (χ4v) is 3.70. The van der Waals surface area contributed by atoms with Crippen LogP contribution in [0.4, 0.5) is 0 Å². The number of nitrogens with zero attached hydrogens (tertiary/aromatic N) is 1. The molecule has 2 aromatic heterocycles. The highest BCUT2D eigenvalue weighted by atomic mass is 35.5. The predicted octanol–water partition coefficient (Wildman–Crippen LogP) is 5.06. The van der Waals surface area contributed by atoms with Crippen molar-refractivity contribution in [1.29, 1.82) is 0 Å². The average molecular weight is 460 g/mol. The fourth-order valence-electron chi connectivity index (χ4n) is 3.70. The van der Waals surface area contributed by atoms with E-state index in [-0.39, 0.29) is 24.2 Å². The second-order valence-electron chi connectivity index (χ2n) is 7.42. The van der Waals surface area contributed by atoms with Gasteiger partial charge in [0.25, 0.3) is 0 Å². The van der Waals surface area contributed by atoms with Gasteiger partial charge in [0.05, 0.1) is 25.1 Å². The first-order valence-electron chi connectivity index (χ1n) is 10.5. The number of aliphatic imine (C=N–C) groups is 1. The van der Waals surface area contributed by atoms with Crippen molar-refractivity contribution in [2.24, 2.45) is 4.99 Å². The third kappa shape index (κ3) is 5.79. The number of methoxy groups -OCH3 is 1. The summed E-state index contributed by atoms with van der Waals surface area (Å²) >= 11 is 0. The molecule has 2 N–H and O–H groups in total. The minimum absolute atomic E-state index is 0. The van der Waals surface area contributed by atoms with Crippen molar-refractivity contribution in [2.75, 3.05) is 13.7 Å². The molecule has 0 aromatic carbocycles. The molecule has 0 amide bonds. The third-order valence-corrected chi connectivity index (χ3v) is 5.23. The van der Waals surface area contributed by atoms with Crippen LogP contribution in [0.15, 0.2) is 40.9 Å². The fraction of sp³-hybridized carbons (Fsp3) is 0.375. The zero-order valence-electron chi connectivity index (χ0n) is 18.9. The summed E-state index contributed by atoms with van der Waals surface area (Å²) in [5.41, 5.74) is 5.67. The number of ether oxygens (including phenoxy) is 2. The molecule has 0 bridgehead atoms. The Hall–Kier alpha value is -3.06. The number of unbranched alkanes of at least 4 members (excludes halogenated alkanes) is 1. The quantitative estimate of drug-likeness (QED) is 0.295. The first-order chi connectivity index (χ1) is 14.9. The first-order valence-corrected chi connectivity index (χ1v) is 10.5. The van der Waals surface area contributed by atoms with Crippen LogP contribution < -0.4 is 0 Å². The minimum atomic E-state index is -0.212. The van der Waals surface area contributed by atoms with Gasteiger partial charge in [-0.15, -0.1) is 12.4 Å². The minimum Gasteiger partial charge on any atom is -0.494 e. The lowest BCUT2D eigenvalue weighted by Crippen LogP contribution is -2.05. The number of rotatable bonds is 10. The number of allylic oxidation sites excluding steroid dienone is 1. The van der Waals surface area contributed by atoms with Crippen LogP contribution in [0.25, 0.3) is 6.08 Å². The molecule has 0 radical (unpaired) electrons. The molecule has 8 heteroatoms. The molecule has 32 heavy (non-hydrogen) atoms. The van der Waals surface area contributed by atoms with Crippen molar-refractivity contribution in [3.63, 3.8) is 0 Å². The smallest absolute Gasteiger partial charge is 0.305 e. The molecule has 0 aliphatic carbocycles. The highest BCUT2D eigenvalue weighted by Crippen LogP contribution is 2.28. The number of halogens is 1. The molecule has 3 heterocycles. The van der Waals surface area contributed by atoms with Crippen LogP contribution in [-0.2, 0) is 14.3 Å². The number of ketones is 1. The predicted molar refractivity (Wildman–Crippen MR) is 127 cm³/mol. The van der Waals surface area contributed by atoms with Gasteiger partial charge < -0.3 is 19.4 Å². The zero-order chi connectivity index (χ0) is 22.4. The van der Waals surface area contributed by atoms with E-state index in [0.29, 0.717) is 49.3 Å². The Kier molecular flexibility index (Phi) is 9.08. The van der Waals surface area contributed by atoms with E-state index in [0.717, 1.165) is 28.4 Å².